The molecular formula is C13H24. The Morgan fingerprint density at radius 3 is 2.15 bits per heavy atom. The number of hydrogen-bond donors (Lipinski definition) is 0. The maximum atomic E-state index is 2.48. The van der Waals surface area contributed by atoms with Crippen LogP contribution < -0.4 is 0 Å². The van der Waals surface area contributed by atoms with Crippen molar-refractivity contribution < 1.29 is 0 Å². The van der Waals surface area contributed by atoms with Crippen molar-refractivity contribution in [3.63, 3.8) is 0 Å². The van der Waals surface area contributed by atoms with Gasteiger partial charge in [0.1, 0.15) is 0 Å². The summed E-state index contributed by atoms with van der Waals surface area (Å²) >= 11 is 0. The Morgan fingerprint density at radius 1 is 1.08 bits per heavy atom. The molecule has 0 spiro atoms. The molecule has 0 saturated heterocycles. The molecule has 0 radical (unpaired) electrons. The van der Waals surface area contributed by atoms with Crippen LogP contribution in [0.2, 0.25) is 0 Å². The molecule has 2 fully saturated rings. The lowest BCUT2D eigenvalue weighted by molar-refractivity contribution is 0.319. The first-order chi connectivity index (χ1) is 6.16. The summed E-state index contributed by atoms with van der Waals surface area (Å²) in [6.45, 7) is 9.61. The Morgan fingerprint density at radius 2 is 1.69 bits per heavy atom. The van der Waals surface area contributed by atoms with E-state index in [4.69, 9.17) is 0 Å². The predicted molar refractivity (Wildman–Crippen MR) is 57.5 cm³/mol. The van der Waals surface area contributed by atoms with E-state index in [1.54, 1.807) is 0 Å². The lowest BCUT2D eigenvalue weighted by Crippen LogP contribution is -2.09. The summed E-state index contributed by atoms with van der Waals surface area (Å²) in [5.41, 5.74) is 0. The van der Waals surface area contributed by atoms with Crippen molar-refractivity contribution in [2.24, 2.45) is 35.5 Å². The maximum absolute atomic E-state index is 2.48. The normalized spacial score (nSPS) is 45.2. The quantitative estimate of drug-likeness (QED) is 0.600. The van der Waals surface area contributed by atoms with Crippen LogP contribution in [0.4, 0.5) is 0 Å². The molecule has 2 saturated carbocycles. The summed E-state index contributed by atoms with van der Waals surface area (Å²) in [5, 5.41) is 0. The largest absolute Gasteiger partial charge is 0.0651 e. The van der Waals surface area contributed by atoms with Gasteiger partial charge in [-0.05, 0) is 35.5 Å². The molecule has 0 bridgehead atoms. The lowest BCUT2D eigenvalue weighted by Gasteiger charge is -2.18. The zero-order chi connectivity index (χ0) is 9.59. The van der Waals surface area contributed by atoms with E-state index in [1.807, 2.05) is 0 Å². The van der Waals surface area contributed by atoms with Gasteiger partial charge in [0.15, 0.2) is 0 Å². The van der Waals surface area contributed by atoms with Crippen molar-refractivity contribution in [3.8, 4) is 0 Å². The third kappa shape index (κ3) is 1.65. The molecule has 0 aromatic heterocycles. The van der Waals surface area contributed by atoms with Gasteiger partial charge in [-0.2, -0.15) is 0 Å². The highest BCUT2D eigenvalue weighted by Gasteiger charge is 2.71. The van der Waals surface area contributed by atoms with Crippen molar-refractivity contribution in [3.05, 3.63) is 0 Å². The minimum Gasteiger partial charge on any atom is -0.0651 e. The second-order valence-corrected chi connectivity index (χ2v) is 5.66. The van der Waals surface area contributed by atoms with Gasteiger partial charge in [-0.3, -0.25) is 0 Å². The maximum Gasteiger partial charge on any atom is -0.0318 e. The Labute approximate surface area is 83.1 Å². The Bertz CT molecular complexity index is 174. The van der Waals surface area contributed by atoms with E-state index in [-0.39, 0.29) is 0 Å². The van der Waals surface area contributed by atoms with E-state index in [0.717, 1.165) is 23.7 Å². The second-order valence-electron chi connectivity index (χ2n) is 5.66. The van der Waals surface area contributed by atoms with Crippen LogP contribution in [0.5, 0.6) is 0 Å². The predicted octanol–water partition coefficient (Wildman–Crippen LogP) is 3.96. The van der Waals surface area contributed by atoms with Gasteiger partial charge in [0.25, 0.3) is 0 Å². The third-order valence-electron chi connectivity index (χ3n) is 4.73. The average molecular weight is 180 g/mol. The molecule has 4 unspecified atom stereocenters. The molecule has 4 atom stereocenters. The summed E-state index contributed by atoms with van der Waals surface area (Å²) in [6.07, 6.45) is 4.31. The summed E-state index contributed by atoms with van der Waals surface area (Å²) in [6, 6.07) is 0. The minimum absolute atomic E-state index is 0.954. The van der Waals surface area contributed by atoms with Crippen molar-refractivity contribution in [1.29, 1.82) is 0 Å². The Balaban J connectivity index is 1.61. The fraction of sp³-hybridized carbons (Fsp3) is 1.00. The summed E-state index contributed by atoms with van der Waals surface area (Å²) < 4.78 is 0. The standard InChI is InChI=1S/C13H24/c1-5-8(2)6-7-9(3)11-12-10(4)13(11)12/h8-13H,5-7H2,1-4H3. The molecule has 76 valence electrons. The van der Waals surface area contributed by atoms with Gasteiger partial charge in [-0.15, -0.1) is 0 Å². The highest BCUT2D eigenvalue weighted by molar-refractivity contribution is 5.18. The van der Waals surface area contributed by atoms with E-state index >= 15 is 0 Å². The summed E-state index contributed by atoms with van der Waals surface area (Å²) in [5.74, 6) is 6.59. The van der Waals surface area contributed by atoms with Gasteiger partial charge in [-0.25, -0.2) is 0 Å². The third-order valence-corrected chi connectivity index (χ3v) is 4.73. The Kier molecular flexibility index (Phi) is 2.42. The number of rotatable bonds is 5. The molecule has 0 aromatic rings. The van der Waals surface area contributed by atoms with Crippen LogP contribution >= 0.6 is 0 Å². The molecular weight excluding hydrogens is 156 g/mol. The number of fused-ring (bicyclic) bond motifs is 1. The second kappa shape index (κ2) is 3.29. The van der Waals surface area contributed by atoms with Crippen LogP contribution in [0.3, 0.4) is 0 Å². The van der Waals surface area contributed by atoms with Gasteiger partial charge < -0.3 is 0 Å². The van der Waals surface area contributed by atoms with Crippen molar-refractivity contribution >= 4 is 0 Å². The highest BCUT2D eigenvalue weighted by Crippen LogP contribution is 2.75. The zero-order valence-electron chi connectivity index (χ0n) is 9.59. The van der Waals surface area contributed by atoms with E-state index in [2.05, 4.69) is 27.7 Å². The molecule has 2 aliphatic carbocycles. The first kappa shape index (κ1) is 9.55. The highest BCUT2D eigenvalue weighted by atomic mass is 14.8. The van der Waals surface area contributed by atoms with E-state index in [1.165, 1.54) is 31.1 Å². The van der Waals surface area contributed by atoms with Crippen LogP contribution in [-0.4, -0.2) is 0 Å². The topological polar surface area (TPSA) is 0 Å². The molecule has 0 aromatic carbocycles. The molecule has 13 heavy (non-hydrogen) atoms. The van der Waals surface area contributed by atoms with Crippen LogP contribution in [0.25, 0.3) is 0 Å². The van der Waals surface area contributed by atoms with E-state index < -0.39 is 0 Å². The minimum atomic E-state index is 0.954. The zero-order valence-corrected chi connectivity index (χ0v) is 9.59. The molecule has 0 aliphatic heterocycles. The van der Waals surface area contributed by atoms with E-state index in [0.29, 0.717) is 0 Å². The molecule has 0 nitrogen and oxygen atoms in total. The van der Waals surface area contributed by atoms with Crippen LogP contribution in [0, 0.1) is 35.5 Å². The van der Waals surface area contributed by atoms with Crippen molar-refractivity contribution in [2.75, 3.05) is 0 Å². The smallest absolute Gasteiger partial charge is 0.0318 e. The summed E-state index contributed by atoms with van der Waals surface area (Å²) in [7, 11) is 0. The molecule has 2 aliphatic rings. The number of hydrogen-bond acceptors (Lipinski definition) is 0. The first-order valence-corrected chi connectivity index (χ1v) is 6.16. The summed E-state index contributed by atoms with van der Waals surface area (Å²) in [4.78, 5) is 0. The van der Waals surface area contributed by atoms with Crippen LogP contribution in [0.15, 0.2) is 0 Å². The SMILES string of the molecule is CCC(C)CCC(C)C1C2C(C)C12. The van der Waals surface area contributed by atoms with Gasteiger partial charge >= 0.3 is 0 Å². The molecule has 2 rings (SSSR count). The molecule has 0 heterocycles. The fourth-order valence-corrected chi connectivity index (χ4v) is 3.17. The molecule has 0 amide bonds. The van der Waals surface area contributed by atoms with Gasteiger partial charge in [0, 0.05) is 0 Å². The molecule has 0 N–H and O–H groups in total. The van der Waals surface area contributed by atoms with Crippen molar-refractivity contribution in [1.82, 2.24) is 0 Å². The lowest BCUT2D eigenvalue weighted by atomic mass is 9.87. The van der Waals surface area contributed by atoms with Gasteiger partial charge in [-0.1, -0.05) is 47.0 Å². The fourth-order valence-electron chi connectivity index (χ4n) is 3.17. The monoisotopic (exact) mass is 180 g/mol. The Hall–Kier alpha value is 0. The van der Waals surface area contributed by atoms with Gasteiger partial charge in [0.05, 0.1) is 0 Å². The van der Waals surface area contributed by atoms with Crippen molar-refractivity contribution in [2.45, 2.75) is 47.0 Å². The van der Waals surface area contributed by atoms with E-state index in [9.17, 15) is 0 Å². The van der Waals surface area contributed by atoms with Crippen LogP contribution in [-0.2, 0) is 0 Å². The van der Waals surface area contributed by atoms with Gasteiger partial charge in [0.2, 0.25) is 0 Å². The van der Waals surface area contributed by atoms with Crippen LogP contribution in [0.1, 0.15) is 47.0 Å². The average Bonchev–Trinajstić information content (AvgIpc) is 3.00. The molecule has 0 heteroatoms. The first-order valence-electron chi connectivity index (χ1n) is 6.16.